The van der Waals surface area contributed by atoms with Crippen LogP contribution >= 0.6 is 0 Å². The van der Waals surface area contributed by atoms with E-state index >= 15 is 0 Å². The Labute approximate surface area is 116 Å². The molecule has 7 nitrogen and oxygen atoms in total. The third-order valence-corrected chi connectivity index (χ3v) is 3.32. The average molecular weight is 279 g/mol. The van der Waals surface area contributed by atoms with Crippen LogP contribution in [0.3, 0.4) is 0 Å². The number of aromatic nitrogens is 1. The predicted molar refractivity (Wildman–Crippen MR) is 73.1 cm³/mol. The highest BCUT2D eigenvalue weighted by Crippen LogP contribution is 2.34. The molecule has 1 aromatic heterocycles. The van der Waals surface area contributed by atoms with Crippen LogP contribution in [0.2, 0.25) is 0 Å². The number of carbonyl (C=O) groups is 1. The Balaban J connectivity index is 2.45. The molecule has 1 saturated carbocycles. The molecule has 1 aliphatic rings. The van der Waals surface area contributed by atoms with Crippen molar-refractivity contribution < 1.29 is 14.8 Å². The molecule has 0 radical (unpaired) electrons. The van der Waals surface area contributed by atoms with Gasteiger partial charge in [-0.05, 0) is 38.7 Å². The lowest BCUT2D eigenvalue weighted by molar-refractivity contribution is -0.384. The van der Waals surface area contributed by atoms with Gasteiger partial charge in [0.1, 0.15) is 0 Å². The summed E-state index contributed by atoms with van der Waals surface area (Å²) in [6, 6.07) is 2.40. The Morgan fingerprint density at radius 2 is 2.20 bits per heavy atom. The van der Waals surface area contributed by atoms with Crippen molar-refractivity contribution in [3.05, 3.63) is 27.9 Å². The summed E-state index contributed by atoms with van der Waals surface area (Å²) in [5.41, 5.74) is -0.323. The maximum Gasteiger partial charge on any atom is 0.354 e. The zero-order valence-electron chi connectivity index (χ0n) is 11.4. The monoisotopic (exact) mass is 279 g/mol. The highest BCUT2D eigenvalue weighted by Gasteiger charge is 2.30. The normalized spacial score (nSPS) is 14.3. The molecule has 0 atom stereocenters. The molecule has 20 heavy (non-hydrogen) atoms. The van der Waals surface area contributed by atoms with Gasteiger partial charge in [-0.1, -0.05) is 0 Å². The second-order valence-electron chi connectivity index (χ2n) is 5.29. The molecule has 2 rings (SSSR count). The molecule has 108 valence electrons. The molecule has 7 heteroatoms. The van der Waals surface area contributed by atoms with E-state index < -0.39 is 10.9 Å². The number of rotatable bonds is 6. The molecule has 0 spiro atoms. The van der Waals surface area contributed by atoms with Crippen LogP contribution < -0.4 is 4.90 Å². The lowest BCUT2D eigenvalue weighted by Gasteiger charge is -2.27. The van der Waals surface area contributed by atoms with E-state index in [1.54, 1.807) is 0 Å². The molecule has 1 aliphatic carbocycles. The number of hydrogen-bond acceptors (Lipinski definition) is 5. The van der Waals surface area contributed by atoms with E-state index in [2.05, 4.69) is 4.98 Å². The van der Waals surface area contributed by atoms with Crippen molar-refractivity contribution in [3.63, 3.8) is 0 Å². The summed E-state index contributed by atoms with van der Waals surface area (Å²) in [6.07, 6.45) is 2.21. The van der Waals surface area contributed by atoms with Gasteiger partial charge in [0.15, 0.2) is 5.69 Å². The first-order valence-electron chi connectivity index (χ1n) is 6.55. The Morgan fingerprint density at radius 3 is 2.65 bits per heavy atom. The number of pyridine rings is 1. The van der Waals surface area contributed by atoms with Crippen molar-refractivity contribution in [1.82, 2.24) is 4.98 Å². The molecule has 1 N–H and O–H groups in total. The first kappa shape index (κ1) is 14.2. The van der Waals surface area contributed by atoms with Crippen LogP contribution in [0.1, 0.15) is 37.2 Å². The number of hydrogen-bond donors (Lipinski definition) is 1. The summed E-state index contributed by atoms with van der Waals surface area (Å²) in [7, 11) is 0. The van der Waals surface area contributed by atoms with Gasteiger partial charge in [0.05, 0.1) is 4.92 Å². The predicted octanol–water partition coefficient (Wildman–Crippen LogP) is 2.31. The van der Waals surface area contributed by atoms with Gasteiger partial charge in [0.2, 0.25) is 5.82 Å². The fraction of sp³-hybridized carbons (Fsp3) is 0.538. The first-order valence-corrected chi connectivity index (χ1v) is 6.55. The summed E-state index contributed by atoms with van der Waals surface area (Å²) < 4.78 is 0. The molecule has 0 aliphatic heterocycles. The molecular weight excluding hydrogens is 262 g/mol. The minimum Gasteiger partial charge on any atom is -0.477 e. The molecule has 1 aromatic rings. The second-order valence-corrected chi connectivity index (χ2v) is 5.29. The highest BCUT2D eigenvalue weighted by molar-refractivity contribution is 5.86. The van der Waals surface area contributed by atoms with Gasteiger partial charge in [-0.25, -0.2) is 9.78 Å². The topological polar surface area (TPSA) is 96.6 Å². The van der Waals surface area contributed by atoms with Crippen LogP contribution in [-0.4, -0.2) is 33.6 Å². The Hall–Kier alpha value is -2.18. The molecule has 1 heterocycles. The molecule has 0 saturated heterocycles. The molecular formula is C13H17N3O4. The maximum atomic E-state index is 11.1. The van der Waals surface area contributed by atoms with E-state index in [-0.39, 0.29) is 23.2 Å². The maximum absolute atomic E-state index is 11.1. The third kappa shape index (κ3) is 3.04. The zero-order valence-corrected chi connectivity index (χ0v) is 11.4. The van der Waals surface area contributed by atoms with Crippen LogP contribution in [0.15, 0.2) is 12.1 Å². The Bertz CT molecular complexity index is 540. The highest BCUT2D eigenvalue weighted by atomic mass is 16.6. The Morgan fingerprint density at radius 1 is 1.55 bits per heavy atom. The van der Waals surface area contributed by atoms with E-state index in [1.165, 1.54) is 12.1 Å². The zero-order chi connectivity index (χ0) is 14.9. The third-order valence-electron chi connectivity index (χ3n) is 3.32. The van der Waals surface area contributed by atoms with E-state index in [1.807, 2.05) is 18.7 Å². The van der Waals surface area contributed by atoms with Gasteiger partial charge in [0.25, 0.3) is 0 Å². The van der Waals surface area contributed by atoms with Gasteiger partial charge < -0.3 is 10.0 Å². The summed E-state index contributed by atoms with van der Waals surface area (Å²) in [5, 5.41) is 20.1. The smallest absolute Gasteiger partial charge is 0.354 e. The molecule has 0 amide bonds. The van der Waals surface area contributed by atoms with Crippen molar-refractivity contribution in [2.45, 2.75) is 32.7 Å². The fourth-order valence-corrected chi connectivity index (χ4v) is 2.03. The van der Waals surface area contributed by atoms with Crippen LogP contribution in [0.4, 0.5) is 11.5 Å². The van der Waals surface area contributed by atoms with Crippen LogP contribution in [0.5, 0.6) is 0 Å². The van der Waals surface area contributed by atoms with E-state index in [9.17, 15) is 14.9 Å². The van der Waals surface area contributed by atoms with E-state index in [0.717, 1.165) is 12.8 Å². The lowest BCUT2D eigenvalue weighted by atomic mass is 10.2. The number of carboxylic acids is 1. The van der Waals surface area contributed by atoms with Crippen molar-refractivity contribution in [1.29, 1.82) is 0 Å². The van der Waals surface area contributed by atoms with Crippen LogP contribution in [0, 0.1) is 16.0 Å². The number of nitro groups is 1. The van der Waals surface area contributed by atoms with E-state index in [0.29, 0.717) is 12.5 Å². The SMILES string of the molecule is CC(C)N(CC1CC1)c1nc(C(=O)O)ccc1[N+](=O)[O-]. The quantitative estimate of drug-likeness (QED) is 0.634. The molecule has 0 unspecified atom stereocenters. The van der Waals surface area contributed by atoms with Gasteiger partial charge >= 0.3 is 11.7 Å². The largest absolute Gasteiger partial charge is 0.477 e. The van der Waals surface area contributed by atoms with Gasteiger partial charge in [-0.3, -0.25) is 10.1 Å². The van der Waals surface area contributed by atoms with E-state index in [4.69, 9.17) is 5.11 Å². The minimum atomic E-state index is -1.18. The summed E-state index contributed by atoms with van der Waals surface area (Å²) in [6.45, 7) is 4.51. The van der Waals surface area contributed by atoms with Gasteiger partial charge in [-0.2, -0.15) is 0 Å². The summed E-state index contributed by atoms with van der Waals surface area (Å²) >= 11 is 0. The van der Waals surface area contributed by atoms with Crippen LogP contribution in [0.25, 0.3) is 0 Å². The first-order chi connectivity index (χ1) is 9.40. The number of aromatic carboxylic acids is 1. The minimum absolute atomic E-state index is 0.0193. The fourth-order valence-electron chi connectivity index (χ4n) is 2.03. The summed E-state index contributed by atoms with van der Waals surface area (Å²) in [5.74, 6) is -0.514. The van der Waals surface area contributed by atoms with Crippen molar-refractivity contribution in [2.75, 3.05) is 11.4 Å². The standard InChI is InChI=1S/C13H17N3O4/c1-8(2)15(7-9-3-4-9)12-11(16(19)20)6-5-10(14-12)13(17)18/h5-6,8-9H,3-4,7H2,1-2H3,(H,17,18). The number of anilines is 1. The van der Waals surface area contributed by atoms with Crippen molar-refractivity contribution >= 4 is 17.5 Å². The molecule has 1 fully saturated rings. The molecule has 0 aromatic carbocycles. The van der Waals surface area contributed by atoms with Gasteiger partial charge in [0, 0.05) is 18.7 Å². The Kier molecular flexibility index (Phi) is 3.87. The van der Waals surface area contributed by atoms with Crippen molar-refractivity contribution in [2.24, 2.45) is 5.92 Å². The number of carboxylic acid groups (broad SMARTS) is 1. The second kappa shape index (κ2) is 5.44. The number of nitrogens with zero attached hydrogens (tertiary/aromatic N) is 3. The summed E-state index contributed by atoms with van der Waals surface area (Å²) in [4.78, 5) is 27.4. The van der Waals surface area contributed by atoms with Gasteiger partial charge in [-0.15, -0.1) is 0 Å². The lowest BCUT2D eigenvalue weighted by Crippen LogP contribution is -2.34. The molecule has 0 bridgehead atoms. The van der Waals surface area contributed by atoms with Crippen molar-refractivity contribution in [3.8, 4) is 0 Å². The average Bonchev–Trinajstić information content (AvgIpc) is 3.18. The van der Waals surface area contributed by atoms with Crippen LogP contribution in [-0.2, 0) is 0 Å².